The molecule has 0 atom stereocenters. The quantitative estimate of drug-likeness (QED) is 0.689. The second-order valence-corrected chi connectivity index (χ2v) is 4.03. The highest BCUT2D eigenvalue weighted by molar-refractivity contribution is 5.96. The molecule has 15 heavy (non-hydrogen) atoms. The molecule has 0 aliphatic heterocycles. The zero-order valence-electron chi connectivity index (χ0n) is 9.03. The van der Waals surface area contributed by atoms with Gasteiger partial charge in [0, 0.05) is 12.0 Å². The predicted molar refractivity (Wildman–Crippen MR) is 59.3 cm³/mol. The number of hydrogen-bond acceptors (Lipinski definition) is 2. The van der Waals surface area contributed by atoms with E-state index in [1.807, 2.05) is 31.2 Å². The summed E-state index contributed by atoms with van der Waals surface area (Å²) in [6.07, 6.45) is 3.14. The first-order valence-electron chi connectivity index (χ1n) is 5.55. The molecule has 0 aromatic heterocycles. The molecular weight excluding hydrogens is 188 g/mol. The van der Waals surface area contributed by atoms with Gasteiger partial charge in [-0.25, -0.2) is 0 Å². The van der Waals surface area contributed by atoms with Crippen LogP contribution in [0.3, 0.4) is 0 Å². The van der Waals surface area contributed by atoms with Crippen LogP contribution in [-0.2, 0) is 0 Å². The summed E-state index contributed by atoms with van der Waals surface area (Å²) >= 11 is 0. The van der Waals surface area contributed by atoms with Crippen molar-refractivity contribution in [2.24, 2.45) is 5.92 Å². The summed E-state index contributed by atoms with van der Waals surface area (Å²) in [6.45, 7) is 2.58. The van der Waals surface area contributed by atoms with E-state index in [4.69, 9.17) is 4.74 Å². The number of ketones is 1. The fourth-order valence-electron chi connectivity index (χ4n) is 1.63. The van der Waals surface area contributed by atoms with Gasteiger partial charge in [-0.2, -0.15) is 0 Å². The molecule has 1 aliphatic carbocycles. The Hall–Kier alpha value is -1.31. The molecule has 0 bridgehead atoms. The molecule has 2 rings (SSSR count). The molecule has 0 unspecified atom stereocenters. The predicted octanol–water partition coefficient (Wildman–Crippen LogP) is 3.07. The smallest absolute Gasteiger partial charge is 0.163 e. The van der Waals surface area contributed by atoms with E-state index >= 15 is 0 Å². The van der Waals surface area contributed by atoms with Gasteiger partial charge in [-0.1, -0.05) is 12.1 Å². The van der Waals surface area contributed by atoms with E-state index in [1.165, 1.54) is 12.8 Å². The van der Waals surface area contributed by atoms with E-state index in [2.05, 4.69) is 0 Å². The van der Waals surface area contributed by atoms with Gasteiger partial charge >= 0.3 is 0 Å². The van der Waals surface area contributed by atoms with Crippen molar-refractivity contribution in [3.63, 3.8) is 0 Å². The third kappa shape index (κ3) is 2.82. The minimum atomic E-state index is 0.249. The number of benzene rings is 1. The lowest BCUT2D eigenvalue weighted by molar-refractivity contribution is 0.0975. The fourth-order valence-corrected chi connectivity index (χ4v) is 1.63. The van der Waals surface area contributed by atoms with Crippen LogP contribution in [0.4, 0.5) is 0 Å². The van der Waals surface area contributed by atoms with Crippen LogP contribution in [0.1, 0.15) is 36.5 Å². The Kier molecular flexibility index (Phi) is 3.05. The Morgan fingerprint density at radius 2 is 2.27 bits per heavy atom. The Bertz CT molecular complexity index is 353. The number of ether oxygens (including phenoxy) is 1. The molecule has 0 heterocycles. The first kappa shape index (κ1) is 10.2. The van der Waals surface area contributed by atoms with Gasteiger partial charge in [0.15, 0.2) is 5.78 Å². The molecule has 0 spiro atoms. The molecule has 1 aromatic carbocycles. The van der Waals surface area contributed by atoms with Crippen molar-refractivity contribution >= 4 is 5.78 Å². The molecule has 1 saturated carbocycles. The van der Waals surface area contributed by atoms with Gasteiger partial charge in [-0.3, -0.25) is 4.79 Å². The van der Waals surface area contributed by atoms with E-state index in [-0.39, 0.29) is 5.78 Å². The van der Waals surface area contributed by atoms with Crippen LogP contribution in [0.5, 0.6) is 5.75 Å². The Morgan fingerprint density at radius 3 is 2.93 bits per heavy atom. The Morgan fingerprint density at radius 1 is 1.47 bits per heavy atom. The summed E-state index contributed by atoms with van der Waals surface area (Å²) < 4.78 is 5.37. The molecule has 1 fully saturated rings. The van der Waals surface area contributed by atoms with Crippen molar-refractivity contribution in [1.29, 1.82) is 0 Å². The van der Waals surface area contributed by atoms with Gasteiger partial charge in [0.2, 0.25) is 0 Å². The molecule has 1 aromatic rings. The first-order chi connectivity index (χ1) is 7.29. The Balaban J connectivity index is 2.05. The van der Waals surface area contributed by atoms with Gasteiger partial charge < -0.3 is 4.74 Å². The molecule has 0 N–H and O–H groups in total. The van der Waals surface area contributed by atoms with Crippen molar-refractivity contribution in [2.45, 2.75) is 26.2 Å². The lowest BCUT2D eigenvalue weighted by Crippen LogP contribution is -2.01. The fraction of sp³-hybridized carbons (Fsp3) is 0.462. The summed E-state index contributed by atoms with van der Waals surface area (Å²) in [6, 6.07) is 7.48. The zero-order chi connectivity index (χ0) is 10.7. The number of rotatable bonds is 5. The average molecular weight is 204 g/mol. The maximum absolute atomic E-state index is 11.8. The van der Waals surface area contributed by atoms with Crippen molar-refractivity contribution < 1.29 is 9.53 Å². The minimum Gasteiger partial charge on any atom is -0.494 e. The van der Waals surface area contributed by atoms with Crippen molar-refractivity contribution in [2.75, 3.05) is 6.61 Å². The number of carbonyl (C=O) groups is 1. The van der Waals surface area contributed by atoms with Crippen LogP contribution >= 0.6 is 0 Å². The van der Waals surface area contributed by atoms with E-state index in [1.54, 1.807) is 0 Å². The summed E-state index contributed by atoms with van der Waals surface area (Å²) in [4.78, 5) is 11.8. The average Bonchev–Trinajstić information content (AvgIpc) is 3.03. The third-order valence-electron chi connectivity index (χ3n) is 2.64. The third-order valence-corrected chi connectivity index (χ3v) is 2.64. The van der Waals surface area contributed by atoms with Crippen molar-refractivity contribution in [3.8, 4) is 5.75 Å². The second-order valence-electron chi connectivity index (χ2n) is 4.03. The van der Waals surface area contributed by atoms with Crippen LogP contribution in [0.25, 0.3) is 0 Å². The highest BCUT2D eigenvalue weighted by Crippen LogP contribution is 2.33. The molecular formula is C13H16O2. The maximum Gasteiger partial charge on any atom is 0.163 e. The van der Waals surface area contributed by atoms with Gasteiger partial charge in [-0.15, -0.1) is 0 Å². The van der Waals surface area contributed by atoms with Crippen LogP contribution < -0.4 is 4.74 Å². The van der Waals surface area contributed by atoms with E-state index in [0.29, 0.717) is 18.9 Å². The second kappa shape index (κ2) is 4.47. The van der Waals surface area contributed by atoms with Crippen LogP contribution in [0.2, 0.25) is 0 Å². The number of Topliss-reactive ketones (excluding diaryl/α,β-unsaturated/α-hetero) is 1. The molecule has 1 aliphatic rings. The normalized spacial score (nSPS) is 15.0. The summed E-state index contributed by atoms with van der Waals surface area (Å²) in [7, 11) is 0. The lowest BCUT2D eigenvalue weighted by Gasteiger charge is -2.04. The van der Waals surface area contributed by atoms with E-state index in [9.17, 15) is 4.79 Å². The first-order valence-corrected chi connectivity index (χ1v) is 5.55. The molecule has 2 nitrogen and oxygen atoms in total. The summed E-state index contributed by atoms with van der Waals surface area (Å²) in [5.74, 6) is 1.69. The van der Waals surface area contributed by atoms with Crippen LogP contribution in [0.15, 0.2) is 24.3 Å². The van der Waals surface area contributed by atoms with Gasteiger partial charge in [0.25, 0.3) is 0 Å². The van der Waals surface area contributed by atoms with Gasteiger partial charge in [0.1, 0.15) is 5.75 Å². The highest BCUT2D eigenvalue weighted by atomic mass is 16.5. The van der Waals surface area contributed by atoms with E-state index in [0.717, 1.165) is 11.3 Å². The summed E-state index contributed by atoms with van der Waals surface area (Å²) in [5.41, 5.74) is 0.785. The van der Waals surface area contributed by atoms with Crippen LogP contribution in [0, 0.1) is 5.92 Å². The van der Waals surface area contributed by atoms with E-state index < -0.39 is 0 Å². The molecule has 0 saturated heterocycles. The zero-order valence-corrected chi connectivity index (χ0v) is 9.03. The monoisotopic (exact) mass is 204 g/mol. The van der Waals surface area contributed by atoms with Crippen LogP contribution in [-0.4, -0.2) is 12.4 Å². The largest absolute Gasteiger partial charge is 0.494 e. The SMILES string of the molecule is CCOc1cccc(C(=O)CC2CC2)c1. The van der Waals surface area contributed by atoms with Crippen molar-refractivity contribution in [3.05, 3.63) is 29.8 Å². The maximum atomic E-state index is 11.8. The Labute approximate surface area is 90.3 Å². The highest BCUT2D eigenvalue weighted by Gasteiger charge is 2.24. The number of carbonyl (C=O) groups excluding carboxylic acids is 1. The molecule has 0 amide bonds. The minimum absolute atomic E-state index is 0.249. The van der Waals surface area contributed by atoms with Gasteiger partial charge in [-0.05, 0) is 37.8 Å². The molecule has 80 valence electrons. The van der Waals surface area contributed by atoms with Crippen molar-refractivity contribution in [1.82, 2.24) is 0 Å². The van der Waals surface area contributed by atoms with Gasteiger partial charge in [0.05, 0.1) is 6.61 Å². The summed E-state index contributed by atoms with van der Waals surface area (Å²) in [5, 5.41) is 0. The molecule has 2 heteroatoms. The lowest BCUT2D eigenvalue weighted by atomic mass is 10.1. The number of hydrogen-bond donors (Lipinski definition) is 0. The molecule has 0 radical (unpaired) electrons. The topological polar surface area (TPSA) is 26.3 Å². The standard InChI is InChI=1S/C13H16O2/c1-2-15-12-5-3-4-11(9-12)13(14)8-10-6-7-10/h3-5,9-10H,2,6-8H2,1H3.